The molecule has 1 heterocycles. The summed E-state index contributed by atoms with van der Waals surface area (Å²) in [5, 5.41) is 31.5. The minimum atomic E-state index is -1.59. The Hall–Kier alpha value is -6.17. The second-order valence-corrected chi connectivity index (χ2v) is 16.9. The smallest absolute Gasteiger partial charge is 0.305 e. The Kier molecular flexibility index (Phi) is 21.7. The Bertz CT molecular complexity index is 1930. The van der Waals surface area contributed by atoms with Crippen LogP contribution in [0.3, 0.4) is 0 Å². The first-order valence-electron chi connectivity index (χ1n) is 22.3. The van der Waals surface area contributed by atoms with Gasteiger partial charge in [-0.25, -0.2) is 0 Å². The molecule has 65 heavy (non-hydrogen) atoms. The fraction of sp³-hybridized carbons (Fsp3) is 0.553. The van der Waals surface area contributed by atoms with Crippen molar-refractivity contribution in [2.24, 2.45) is 11.8 Å². The highest BCUT2D eigenvalue weighted by molar-refractivity contribution is 5.98. The second-order valence-electron chi connectivity index (χ2n) is 16.9. The van der Waals surface area contributed by atoms with Crippen molar-refractivity contribution in [2.45, 2.75) is 148 Å². The number of hydrogen-bond donors (Lipinski definition) is 7. The molecule has 0 radical (unpaired) electrons. The summed E-state index contributed by atoms with van der Waals surface area (Å²) >= 11 is 0. The summed E-state index contributed by atoms with van der Waals surface area (Å²) in [6, 6.07) is 11.4. The molecule has 0 saturated carbocycles. The number of hydrogen-bond acceptors (Lipinski definition) is 10. The number of Topliss-reactive ketones (excluding diaryl/α,β-unsaturated/α-hetero) is 1. The Balaban J connectivity index is 1.88. The predicted molar refractivity (Wildman–Crippen MR) is 239 cm³/mol. The SMILES string of the molecule is CCCC(NC(=O)[C@@H]1C[C@@H](OCc2ccccc2)CN1C(=O)[C@@H](NC(=O)[C@@H](NC(=O)[C@@H](CCC(=O)O)NC(=O)[C@H](CC(=O)O)NC(C)=O)[C@@H](C)CC)C(C)C)C(=O)CCc1ccccc1. The first-order chi connectivity index (χ1) is 30.8. The third-order valence-electron chi connectivity index (χ3n) is 11.3. The van der Waals surface area contributed by atoms with Crippen LogP contribution in [-0.2, 0) is 60.9 Å². The van der Waals surface area contributed by atoms with Gasteiger partial charge in [0.15, 0.2) is 5.78 Å². The number of amides is 6. The molecular weight excluding hydrogens is 841 g/mol. The number of likely N-dealkylation sites (tertiary alicyclic amines) is 1. The number of rotatable bonds is 27. The van der Waals surface area contributed by atoms with Crippen molar-refractivity contribution in [2.75, 3.05) is 6.54 Å². The van der Waals surface area contributed by atoms with Gasteiger partial charge in [-0.2, -0.15) is 0 Å². The number of carboxylic acids is 2. The molecule has 1 unspecified atom stereocenters. The minimum absolute atomic E-state index is 0.00107. The Morgan fingerprint density at radius 1 is 0.692 bits per heavy atom. The summed E-state index contributed by atoms with van der Waals surface area (Å²) in [6.45, 7) is 10.0. The molecule has 2 aromatic rings. The average molecular weight is 907 g/mol. The second kappa shape index (κ2) is 26.6. The number of aliphatic carboxylic acids is 2. The van der Waals surface area contributed by atoms with E-state index >= 15 is 0 Å². The first kappa shape index (κ1) is 53.2. The van der Waals surface area contributed by atoms with Crippen molar-refractivity contribution >= 4 is 53.2 Å². The molecule has 1 saturated heterocycles. The van der Waals surface area contributed by atoms with Crippen LogP contribution in [-0.4, -0.2) is 117 Å². The summed E-state index contributed by atoms with van der Waals surface area (Å²) in [5.41, 5.74) is 1.87. The maximum absolute atomic E-state index is 14.7. The molecule has 6 amide bonds. The van der Waals surface area contributed by atoms with E-state index in [1.807, 2.05) is 67.6 Å². The zero-order valence-corrected chi connectivity index (χ0v) is 38.2. The highest BCUT2D eigenvalue weighted by atomic mass is 16.5. The van der Waals surface area contributed by atoms with Crippen LogP contribution in [0.15, 0.2) is 60.7 Å². The van der Waals surface area contributed by atoms with E-state index < -0.39 is 121 Å². The highest BCUT2D eigenvalue weighted by Gasteiger charge is 2.44. The van der Waals surface area contributed by atoms with Crippen molar-refractivity contribution < 1.29 is 58.1 Å². The van der Waals surface area contributed by atoms with Gasteiger partial charge in [0.25, 0.3) is 0 Å². The van der Waals surface area contributed by atoms with Crippen molar-refractivity contribution in [1.29, 1.82) is 0 Å². The van der Waals surface area contributed by atoms with Gasteiger partial charge in [-0.05, 0) is 42.2 Å². The average Bonchev–Trinajstić information content (AvgIpc) is 3.71. The van der Waals surface area contributed by atoms with Gasteiger partial charge in [0.05, 0.1) is 25.2 Å². The standard InChI is InChI=1S/C47H66N6O12/c1-7-15-34(38(55)22-20-31-16-11-9-12-17-31)49-45(62)37-24-33(65-27-32-18-13-10-14-19-32)26-53(37)47(64)41(28(3)4)51-46(63)42(29(5)8-2)52-43(60)35(21-23-39(56)57)50-44(61)36(25-40(58)59)48-30(6)54/h9-14,16-19,28-29,33-37,41-42H,7-8,15,20-27H2,1-6H3,(H,48,54)(H,49,62)(H,50,61)(H,51,63)(H,52,60)(H,56,57)(H,58,59)/t29-,33+,34?,35+,36-,37-,41-,42-/m0/s1. The third kappa shape index (κ3) is 17.4. The van der Waals surface area contributed by atoms with Crippen LogP contribution in [0, 0.1) is 11.8 Å². The van der Waals surface area contributed by atoms with E-state index in [0.29, 0.717) is 25.7 Å². The maximum Gasteiger partial charge on any atom is 0.305 e. The van der Waals surface area contributed by atoms with Crippen molar-refractivity contribution in [3.63, 3.8) is 0 Å². The summed E-state index contributed by atoms with van der Waals surface area (Å²) in [6.07, 6.45) is -0.271. The van der Waals surface area contributed by atoms with Crippen LogP contribution in [0.4, 0.5) is 0 Å². The van der Waals surface area contributed by atoms with Crippen LogP contribution in [0.25, 0.3) is 0 Å². The van der Waals surface area contributed by atoms with Crippen molar-refractivity contribution in [1.82, 2.24) is 31.5 Å². The monoisotopic (exact) mass is 906 g/mol. The molecule has 3 rings (SSSR count). The van der Waals surface area contributed by atoms with Gasteiger partial charge in [0.2, 0.25) is 35.4 Å². The Morgan fingerprint density at radius 3 is 1.85 bits per heavy atom. The van der Waals surface area contributed by atoms with E-state index in [2.05, 4.69) is 26.6 Å². The number of benzene rings is 2. The van der Waals surface area contributed by atoms with Gasteiger partial charge in [-0.1, -0.05) is 108 Å². The Labute approximate surface area is 380 Å². The van der Waals surface area contributed by atoms with Crippen LogP contribution >= 0.6 is 0 Å². The molecule has 0 bridgehead atoms. The number of carbonyl (C=O) groups is 9. The molecule has 8 atom stereocenters. The van der Waals surface area contributed by atoms with Crippen LogP contribution in [0.1, 0.15) is 104 Å². The highest BCUT2D eigenvalue weighted by Crippen LogP contribution is 2.25. The van der Waals surface area contributed by atoms with Gasteiger partial charge in [-0.3, -0.25) is 43.2 Å². The molecule has 2 aromatic carbocycles. The van der Waals surface area contributed by atoms with E-state index in [4.69, 9.17) is 4.74 Å². The minimum Gasteiger partial charge on any atom is -0.481 e. The van der Waals surface area contributed by atoms with Crippen molar-refractivity contribution in [3.8, 4) is 0 Å². The molecule has 18 heteroatoms. The van der Waals surface area contributed by atoms with E-state index in [0.717, 1.165) is 18.1 Å². The number of ether oxygens (including phenoxy) is 1. The fourth-order valence-corrected chi connectivity index (χ4v) is 7.48. The molecule has 1 fully saturated rings. The molecule has 0 aromatic heterocycles. The summed E-state index contributed by atoms with van der Waals surface area (Å²) in [4.78, 5) is 120. The summed E-state index contributed by atoms with van der Waals surface area (Å²) < 4.78 is 6.23. The lowest BCUT2D eigenvalue weighted by molar-refractivity contribution is -0.143. The molecule has 7 N–H and O–H groups in total. The number of carboxylic acid groups (broad SMARTS) is 2. The van der Waals surface area contributed by atoms with E-state index in [1.165, 1.54) is 4.90 Å². The van der Waals surface area contributed by atoms with Gasteiger partial charge in [-0.15, -0.1) is 0 Å². The van der Waals surface area contributed by atoms with E-state index in [9.17, 15) is 53.4 Å². The predicted octanol–water partition coefficient (Wildman–Crippen LogP) is 2.66. The largest absolute Gasteiger partial charge is 0.481 e. The quantitative estimate of drug-likeness (QED) is 0.0683. The lowest BCUT2D eigenvalue weighted by atomic mass is 9.95. The maximum atomic E-state index is 14.7. The molecular formula is C47H66N6O12. The van der Waals surface area contributed by atoms with E-state index in [-0.39, 0.29) is 31.8 Å². The van der Waals surface area contributed by atoms with Gasteiger partial charge >= 0.3 is 11.9 Å². The molecule has 0 spiro atoms. The lowest BCUT2D eigenvalue weighted by Crippen LogP contribution is -2.61. The zero-order valence-electron chi connectivity index (χ0n) is 38.2. The van der Waals surface area contributed by atoms with Crippen molar-refractivity contribution in [3.05, 3.63) is 71.8 Å². The summed E-state index contributed by atoms with van der Waals surface area (Å²) in [5.74, 6) is -8.60. The molecule has 18 nitrogen and oxygen atoms in total. The normalized spacial score (nSPS) is 17.4. The summed E-state index contributed by atoms with van der Waals surface area (Å²) in [7, 11) is 0. The van der Waals surface area contributed by atoms with Gasteiger partial charge in [0, 0.05) is 32.7 Å². The van der Waals surface area contributed by atoms with E-state index in [1.54, 1.807) is 27.7 Å². The third-order valence-corrected chi connectivity index (χ3v) is 11.3. The number of nitrogens with one attached hydrogen (secondary N) is 5. The fourth-order valence-electron chi connectivity index (χ4n) is 7.48. The number of carbonyl (C=O) groups excluding carboxylic acids is 7. The van der Waals surface area contributed by atoms with Crippen LogP contribution < -0.4 is 26.6 Å². The van der Waals surface area contributed by atoms with Gasteiger partial charge in [0.1, 0.15) is 30.2 Å². The number of ketones is 1. The molecule has 1 aliphatic rings. The lowest BCUT2D eigenvalue weighted by Gasteiger charge is -2.33. The van der Waals surface area contributed by atoms with Crippen LogP contribution in [0.5, 0.6) is 0 Å². The number of aryl methyl sites for hydroxylation is 1. The topological polar surface area (TPSA) is 267 Å². The molecule has 0 aliphatic carbocycles. The number of nitrogens with zero attached hydrogens (tertiary/aromatic N) is 1. The first-order valence-corrected chi connectivity index (χ1v) is 22.3. The zero-order chi connectivity index (χ0) is 48.2. The van der Waals surface area contributed by atoms with Gasteiger partial charge < -0.3 is 46.4 Å². The van der Waals surface area contributed by atoms with Crippen LogP contribution in [0.2, 0.25) is 0 Å². The molecule has 1 aliphatic heterocycles. The molecule has 356 valence electrons. The Morgan fingerprint density at radius 2 is 1.29 bits per heavy atom.